The molecule has 0 atom stereocenters. The van der Waals surface area contributed by atoms with Gasteiger partial charge in [-0.2, -0.15) is 9.61 Å². The molecule has 1 amide bonds. The maximum atomic E-state index is 12.2. The van der Waals surface area contributed by atoms with Crippen LogP contribution in [0, 0.1) is 0 Å². The number of carbonyl (C=O) groups is 1. The Morgan fingerprint density at radius 2 is 1.90 bits per heavy atom. The first-order valence-corrected chi connectivity index (χ1v) is 10.3. The highest BCUT2D eigenvalue weighted by atomic mass is 79.9. The summed E-state index contributed by atoms with van der Waals surface area (Å²) in [5.41, 5.74) is 3.04. The van der Waals surface area contributed by atoms with Crippen molar-refractivity contribution in [1.29, 1.82) is 0 Å². The molecule has 142 valence electrons. The van der Waals surface area contributed by atoms with Crippen molar-refractivity contribution in [1.82, 2.24) is 19.8 Å². The molecule has 5 rings (SSSR count). The molecule has 9 heteroatoms. The fourth-order valence-electron chi connectivity index (χ4n) is 2.86. The lowest BCUT2D eigenvalue weighted by Gasteiger charge is -2.06. The number of halogens is 1. The zero-order chi connectivity index (χ0) is 19.8. The van der Waals surface area contributed by atoms with Crippen LogP contribution in [0.5, 0.6) is 0 Å². The summed E-state index contributed by atoms with van der Waals surface area (Å²) in [5, 5.41) is 17.9. The van der Waals surface area contributed by atoms with E-state index in [4.69, 9.17) is 9.52 Å². The van der Waals surface area contributed by atoms with Gasteiger partial charge in [0.1, 0.15) is 0 Å². The maximum Gasteiger partial charge on any atom is 0.291 e. The molecule has 29 heavy (non-hydrogen) atoms. The van der Waals surface area contributed by atoms with Crippen LogP contribution in [0.15, 0.2) is 75.1 Å². The van der Waals surface area contributed by atoms with E-state index in [-0.39, 0.29) is 11.7 Å². The minimum atomic E-state index is -0.312. The quantitative estimate of drug-likeness (QED) is 0.397. The van der Waals surface area contributed by atoms with Crippen LogP contribution in [0.3, 0.4) is 0 Å². The number of anilines is 1. The third-order valence-electron chi connectivity index (χ3n) is 4.24. The molecule has 0 unspecified atom stereocenters. The van der Waals surface area contributed by atoms with Gasteiger partial charge in [-0.05, 0) is 63.8 Å². The first-order chi connectivity index (χ1) is 14.2. The van der Waals surface area contributed by atoms with E-state index < -0.39 is 0 Å². The summed E-state index contributed by atoms with van der Waals surface area (Å²) in [6.45, 7) is 0. The SMILES string of the molecule is O=C(Nc1ccc(-c2ccc3nnc(-c4cccs4)n3n2)cc1)c1ccc(Br)o1. The van der Waals surface area contributed by atoms with Gasteiger partial charge in [0.25, 0.3) is 5.91 Å². The number of aromatic nitrogens is 4. The molecule has 0 spiro atoms. The van der Waals surface area contributed by atoms with Gasteiger partial charge in [-0.15, -0.1) is 21.5 Å². The normalized spacial score (nSPS) is 11.1. The minimum absolute atomic E-state index is 0.238. The highest BCUT2D eigenvalue weighted by molar-refractivity contribution is 9.10. The van der Waals surface area contributed by atoms with Gasteiger partial charge >= 0.3 is 0 Å². The lowest BCUT2D eigenvalue weighted by atomic mass is 10.1. The Labute approximate surface area is 177 Å². The first-order valence-electron chi connectivity index (χ1n) is 8.61. The largest absolute Gasteiger partial charge is 0.444 e. The monoisotopic (exact) mass is 465 g/mol. The summed E-state index contributed by atoms with van der Waals surface area (Å²) < 4.78 is 7.52. The van der Waals surface area contributed by atoms with Gasteiger partial charge in [0, 0.05) is 11.3 Å². The first kappa shape index (κ1) is 17.8. The summed E-state index contributed by atoms with van der Waals surface area (Å²) in [4.78, 5) is 13.2. The molecule has 4 aromatic heterocycles. The van der Waals surface area contributed by atoms with E-state index in [1.54, 1.807) is 28.0 Å². The Balaban J connectivity index is 1.41. The van der Waals surface area contributed by atoms with E-state index in [1.807, 2.05) is 53.9 Å². The third kappa shape index (κ3) is 3.45. The van der Waals surface area contributed by atoms with Crippen molar-refractivity contribution in [2.45, 2.75) is 0 Å². The van der Waals surface area contributed by atoms with E-state index in [0.29, 0.717) is 21.8 Å². The van der Waals surface area contributed by atoms with Gasteiger partial charge in [0.2, 0.25) is 0 Å². The predicted octanol–water partition coefficient (Wildman–Crippen LogP) is 5.13. The number of nitrogens with zero attached hydrogens (tertiary/aromatic N) is 4. The molecule has 1 N–H and O–H groups in total. The van der Waals surface area contributed by atoms with Crippen LogP contribution in [0.2, 0.25) is 0 Å². The molecule has 0 aliphatic heterocycles. The van der Waals surface area contributed by atoms with Crippen molar-refractivity contribution in [3.8, 4) is 22.0 Å². The molecule has 5 aromatic rings. The second kappa shape index (κ2) is 7.26. The lowest BCUT2D eigenvalue weighted by molar-refractivity contribution is 0.0995. The number of furan rings is 1. The van der Waals surface area contributed by atoms with Crippen molar-refractivity contribution >= 4 is 44.5 Å². The Kier molecular flexibility index (Phi) is 4.45. The van der Waals surface area contributed by atoms with Crippen LogP contribution in [-0.2, 0) is 0 Å². The van der Waals surface area contributed by atoms with Crippen molar-refractivity contribution in [3.05, 3.63) is 76.5 Å². The molecule has 1 aromatic carbocycles. The summed E-state index contributed by atoms with van der Waals surface area (Å²) in [5.74, 6) is 0.639. The van der Waals surface area contributed by atoms with Crippen LogP contribution in [0.4, 0.5) is 5.69 Å². The number of benzene rings is 1. The van der Waals surface area contributed by atoms with Crippen molar-refractivity contribution in [2.24, 2.45) is 0 Å². The van der Waals surface area contributed by atoms with Crippen LogP contribution in [0.25, 0.3) is 27.6 Å². The Hall–Kier alpha value is -3.30. The van der Waals surface area contributed by atoms with E-state index in [2.05, 4.69) is 31.4 Å². The molecular formula is C20H12BrN5O2S. The Morgan fingerprint density at radius 3 is 2.62 bits per heavy atom. The topological polar surface area (TPSA) is 85.3 Å². The number of thiophene rings is 1. The molecule has 0 radical (unpaired) electrons. The second-order valence-electron chi connectivity index (χ2n) is 6.12. The van der Waals surface area contributed by atoms with Crippen molar-refractivity contribution in [2.75, 3.05) is 5.32 Å². The molecule has 0 fully saturated rings. The van der Waals surface area contributed by atoms with E-state index >= 15 is 0 Å². The van der Waals surface area contributed by atoms with Gasteiger partial charge in [-0.25, -0.2) is 0 Å². The van der Waals surface area contributed by atoms with Crippen molar-refractivity contribution < 1.29 is 9.21 Å². The zero-order valence-electron chi connectivity index (χ0n) is 14.7. The van der Waals surface area contributed by atoms with Crippen LogP contribution < -0.4 is 5.32 Å². The molecule has 4 heterocycles. The number of hydrogen-bond donors (Lipinski definition) is 1. The summed E-state index contributed by atoms with van der Waals surface area (Å²) in [6.07, 6.45) is 0. The van der Waals surface area contributed by atoms with E-state index in [0.717, 1.165) is 16.1 Å². The number of amides is 1. The molecule has 0 aliphatic carbocycles. The number of rotatable bonds is 4. The number of nitrogens with one attached hydrogen (secondary N) is 1. The van der Waals surface area contributed by atoms with Gasteiger partial charge in [0.15, 0.2) is 21.9 Å². The predicted molar refractivity (Wildman–Crippen MR) is 114 cm³/mol. The minimum Gasteiger partial charge on any atom is -0.444 e. The molecule has 0 bridgehead atoms. The fraction of sp³-hybridized carbons (Fsp3) is 0. The Bertz CT molecular complexity index is 1310. The average molecular weight is 466 g/mol. The van der Waals surface area contributed by atoms with Crippen LogP contribution in [0.1, 0.15) is 10.6 Å². The Morgan fingerprint density at radius 1 is 1.03 bits per heavy atom. The van der Waals surface area contributed by atoms with E-state index in [1.165, 1.54) is 0 Å². The summed E-state index contributed by atoms with van der Waals surface area (Å²) >= 11 is 4.78. The van der Waals surface area contributed by atoms with Crippen LogP contribution >= 0.6 is 27.3 Å². The van der Waals surface area contributed by atoms with Crippen molar-refractivity contribution in [3.63, 3.8) is 0 Å². The molecule has 0 saturated carbocycles. The van der Waals surface area contributed by atoms with Crippen LogP contribution in [-0.4, -0.2) is 25.7 Å². The van der Waals surface area contributed by atoms with Gasteiger partial charge in [-0.1, -0.05) is 18.2 Å². The molecule has 0 saturated heterocycles. The van der Waals surface area contributed by atoms with Gasteiger partial charge in [-0.3, -0.25) is 4.79 Å². The highest BCUT2D eigenvalue weighted by Crippen LogP contribution is 2.25. The number of fused-ring (bicyclic) bond motifs is 1. The highest BCUT2D eigenvalue weighted by Gasteiger charge is 2.13. The third-order valence-corrected chi connectivity index (χ3v) is 5.53. The smallest absolute Gasteiger partial charge is 0.291 e. The van der Waals surface area contributed by atoms with E-state index in [9.17, 15) is 4.79 Å². The average Bonchev–Trinajstić information content (AvgIpc) is 3.48. The zero-order valence-corrected chi connectivity index (χ0v) is 17.1. The fourth-order valence-corrected chi connectivity index (χ4v) is 3.86. The number of hydrogen-bond acceptors (Lipinski definition) is 6. The van der Waals surface area contributed by atoms with Gasteiger partial charge in [0.05, 0.1) is 10.6 Å². The maximum absolute atomic E-state index is 12.2. The molecular weight excluding hydrogens is 454 g/mol. The van der Waals surface area contributed by atoms with Gasteiger partial charge < -0.3 is 9.73 Å². The molecule has 7 nitrogen and oxygen atoms in total. The lowest BCUT2D eigenvalue weighted by Crippen LogP contribution is -2.10. The second-order valence-corrected chi connectivity index (χ2v) is 7.85. The standard InChI is InChI=1S/C20H12BrN5O2S/c21-17-9-8-15(28-17)20(27)22-13-5-3-12(4-6-13)14-7-10-18-23-24-19(26(18)25-14)16-2-1-11-29-16/h1-11H,(H,22,27). The summed E-state index contributed by atoms with van der Waals surface area (Å²) in [7, 11) is 0. The summed E-state index contributed by atoms with van der Waals surface area (Å²) in [6, 6.07) is 18.5. The molecule has 0 aliphatic rings. The number of carbonyl (C=O) groups excluding carboxylic acids is 1.